The van der Waals surface area contributed by atoms with Crippen LogP contribution in [0.15, 0.2) is 40.9 Å². The van der Waals surface area contributed by atoms with Crippen LogP contribution in [0.3, 0.4) is 0 Å². The van der Waals surface area contributed by atoms with E-state index in [9.17, 15) is 35.5 Å². The van der Waals surface area contributed by atoms with E-state index in [0.717, 1.165) is 6.07 Å². The van der Waals surface area contributed by atoms with E-state index in [1.807, 2.05) is 0 Å². The highest BCUT2D eigenvalue weighted by Gasteiger charge is 2.38. The van der Waals surface area contributed by atoms with E-state index in [4.69, 9.17) is 16.1 Å². The summed E-state index contributed by atoms with van der Waals surface area (Å²) in [6, 6.07) is 4.73. The lowest BCUT2D eigenvalue weighted by Crippen LogP contribution is -2.38. The normalized spacial score (nSPS) is 15.5. The quantitative estimate of drug-likeness (QED) is 0.365. The summed E-state index contributed by atoms with van der Waals surface area (Å²) in [5.74, 6) is -1.75. The standard InChI is InChI=1S/C22H15ClF7N3O2/c23-15-1-2-16(17(24)10-15)18-31-19(35-32-18)11-3-5-33(6-4-11)20(34)12-7-13(21(25,26)27)9-14(8-12)22(28,29)30/h1-2,7-11H,3-6H2. The number of piperidine rings is 1. The predicted octanol–water partition coefficient (Wildman–Crippen LogP) is 6.59. The van der Waals surface area contributed by atoms with Gasteiger partial charge in [-0.2, -0.15) is 31.3 Å². The summed E-state index contributed by atoms with van der Waals surface area (Å²) in [6.45, 7) is 0.0717. The molecule has 1 saturated heterocycles. The second kappa shape index (κ2) is 9.14. The molecule has 4 rings (SSSR count). The van der Waals surface area contributed by atoms with Gasteiger partial charge in [0.2, 0.25) is 11.7 Å². The van der Waals surface area contributed by atoms with Crippen molar-refractivity contribution < 1.29 is 40.1 Å². The number of benzene rings is 2. The molecule has 1 aromatic heterocycles. The number of amides is 1. The highest BCUT2D eigenvalue weighted by Crippen LogP contribution is 2.37. The Bertz CT molecular complexity index is 1220. The molecule has 3 aromatic rings. The monoisotopic (exact) mass is 521 g/mol. The smallest absolute Gasteiger partial charge is 0.339 e. The number of carbonyl (C=O) groups excluding carboxylic acids is 1. The molecule has 0 N–H and O–H groups in total. The molecule has 2 heterocycles. The molecule has 5 nitrogen and oxygen atoms in total. The van der Waals surface area contributed by atoms with Crippen molar-refractivity contribution in [3.63, 3.8) is 0 Å². The number of hydrogen-bond acceptors (Lipinski definition) is 4. The fraction of sp³-hybridized carbons (Fsp3) is 0.318. The average molecular weight is 522 g/mol. The number of alkyl halides is 6. The van der Waals surface area contributed by atoms with Crippen LogP contribution < -0.4 is 0 Å². The molecule has 13 heteroatoms. The van der Waals surface area contributed by atoms with Gasteiger partial charge in [-0.3, -0.25) is 4.79 Å². The zero-order valence-corrected chi connectivity index (χ0v) is 18.3. The second-order valence-corrected chi connectivity index (χ2v) is 8.38. The molecule has 1 aliphatic heterocycles. The minimum Gasteiger partial charge on any atom is -0.339 e. The summed E-state index contributed by atoms with van der Waals surface area (Å²) in [4.78, 5) is 18.1. The summed E-state index contributed by atoms with van der Waals surface area (Å²) in [6.07, 6.45) is -9.58. The van der Waals surface area contributed by atoms with Gasteiger partial charge in [0.1, 0.15) is 5.82 Å². The Morgan fingerprint density at radius 2 is 1.57 bits per heavy atom. The molecule has 0 radical (unpaired) electrons. The Kier molecular flexibility index (Phi) is 6.52. The third-order valence-electron chi connectivity index (χ3n) is 5.58. The third-order valence-corrected chi connectivity index (χ3v) is 5.81. The highest BCUT2D eigenvalue weighted by molar-refractivity contribution is 6.30. The zero-order valence-electron chi connectivity index (χ0n) is 17.6. The van der Waals surface area contributed by atoms with E-state index in [-0.39, 0.29) is 60.2 Å². The van der Waals surface area contributed by atoms with Gasteiger partial charge in [-0.15, -0.1) is 0 Å². The minimum atomic E-state index is -5.05. The van der Waals surface area contributed by atoms with Gasteiger partial charge in [0.05, 0.1) is 16.7 Å². The van der Waals surface area contributed by atoms with Gasteiger partial charge in [0, 0.05) is 29.6 Å². The number of halogens is 8. The number of carbonyl (C=O) groups is 1. The summed E-state index contributed by atoms with van der Waals surface area (Å²) in [7, 11) is 0. The molecule has 1 amide bonds. The maximum absolute atomic E-state index is 14.1. The molecule has 1 fully saturated rings. The topological polar surface area (TPSA) is 59.2 Å². The Labute approximate surface area is 198 Å². The van der Waals surface area contributed by atoms with Crippen LogP contribution in [0.2, 0.25) is 5.02 Å². The zero-order chi connectivity index (χ0) is 25.5. The van der Waals surface area contributed by atoms with E-state index >= 15 is 0 Å². The van der Waals surface area contributed by atoms with Crippen LogP contribution in [-0.2, 0) is 12.4 Å². The Morgan fingerprint density at radius 3 is 2.11 bits per heavy atom. The first-order valence-electron chi connectivity index (χ1n) is 10.2. The van der Waals surface area contributed by atoms with Crippen molar-refractivity contribution in [3.05, 3.63) is 69.8 Å². The van der Waals surface area contributed by atoms with Crippen LogP contribution in [0, 0.1) is 5.82 Å². The van der Waals surface area contributed by atoms with Crippen molar-refractivity contribution >= 4 is 17.5 Å². The summed E-state index contributed by atoms with van der Waals surface area (Å²) in [5.41, 5.74) is -3.75. The first kappa shape index (κ1) is 25.0. The Morgan fingerprint density at radius 1 is 0.971 bits per heavy atom. The van der Waals surface area contributed by atoms with E-state index in [2.05, 4.69) is 10.1 Å². The summed E-state index contributed by atoms with van der Waals surface area (Å²) in [5, 5.41) is 3.95. The van der Waals surface area contributed by atoms with E-state index in [1.165, 1.54) is 17.0 Å². The van der Waals surface area contributed by atoms with Crippen molar-refractivity contribution in [1.82, 2.24) is 15.0 Å². The van der Waals surface area contributed by atoms with Gasteiger partial charge in [-0.25, -0.2) is 4.39 Å². The fourth-order valence-electron chi connectivity index (χ4n) is 3.77. The van der Waals surface area contributed by atoms with Gasteiger partial charge in [-0.1, -0.05) is 16.8 Å². The van der Waals surface area contributed by atoms with Crippen molar-refractivity contribution in [1.29, 1.82) is 0 Å². The van der Waals surface area contributed by atoms with Gasteiger partial charge >= 0.3 is 12.4 Å². The van der Waals surface area contributed by atoms with Crippen LogP contribution in [0.5, 0.6) is 0 Å². The fourth-order valence-corrected chi connectivity index (χ4v) is 3.93. The Hall–Kier alpha value is -3.15. The van der Waals surface area contributed by atoms with Crippen LogP contribution in [0.1, 0.15) is 46.1 Å². The highest BCUT2D eigenvalue weighted by atomic mass is 35.5. The molecule has 0 saturated carbocycles. The average Bonchev–Trinajstić information content (AvgIpc) is 3.27. The molecule has 0 bridgehead atoms. The molecule has 0 aliphatic carbocycles. The van der Waals surface area contributed by atoms with E-state index < -0.39 is 40.8 Å². The number of hydrogen-bond donors (Lipinski definition) is 0. The van der Waals surface area contributed by atoms with E-state index in [0.29, 0.717) is 12.1 Å². The SMILES string of the molecule is O=C(c1cc(C(F)(F)F)cc(C(F)(F)F)c1)N1CCC(c2nc(-c3ccc(Cl)cc3F)no2)CC1. The molecular formula is C22H15ClF7N3O2. The number of rotatable bonds is 3. The third kappa shape index (κ3) is 5.42. The maximum atomic E-state index is 14.1. The molecule has 2 aromatic carbocycles. The van der Waals surface area contributed by atoms with Crippen LogP contribution in [0.25, 0.3) is 11.4 Å². The first-order chi connectivity index (χ1) is 16.3. The predicted molar refractivity (Wildman–Crippen MR) is 109 cm³/mol. The van der Waals surface area contributed by atoms with Gasteiger partial charge in [0.15, 0.2) is 0 Å². The van der Waals surface area contributed by atoms with Crippen molar-refractivity contribution in [2.75, 3.05) is 13.1 Å². The number of likely N-dealkylation sites (tertiary alicyclic amines) is 1. The van der Waals surface area contributed by atoms with Crippen molar-refractivity contribution in [3.8, 4) is 11.4 Å². The molecule has 0 spiro atoms. The molecule has 1 aliphatic rings. The van der Waals surface area contributed by atoms with Crippen molar-refractivity contribution in [2.45, 2.75) is 31.1 Å². The minimum absolute atomic E-state index is 0.00341. The van der Waals surface area contributed by atoms with Gasteiger partial charge in [-0.05, 0) is 49.2 Å². The van der Waals surface area contributed by atoms with Crippen LogP contribution in [-0.4, -0.2) is 34.0 Å². The molecule has 0 unspecified atom stereocenters. The Balaban J connectivity index is 1.49. The summed E-state index contributed by atoms with van der Waals surface area (Å²) < 4.78 is 97.9. The number of nitrogens with zero attached hydrogens (tertiary/aromatic N) is 3. The lowest BCUT2D eigenvalue weighted by atomic mass is 9.95. The van der Waals surface area contributed by atoms with Crippen LogP contribution >= 0.6 is 11.6 Å². The van der Waals surface area contributed by atoms with Crippen molar-refractivity contribution in [2.24, 2.45) is 0 Å². The second-order valence-electron chi connectivity index (χ2n) is 7.94. The molecule has 186 valence electrons. The lowest BCUT2D eigenvalue weighted by Gasteiger charge is -2.30. The lowest BCUT2D eigenvalue weighted by molar-refractivity contribution is -0.143. The molecular weight excluding hydrogens is 507 g/mol. The largest absolute Gasteiger partial charge is 0.416 e. The molecule has 35 heavy (non-hydrogen) atoms. The van der Waals surface area contributed by atoms with Gasteiger partial charge < -0.3 is 9.42 Å². The van der Waals surface area contributed by atoms with E-state index in [1.54, 1.807) is 0 Å². The van der Waals surface area contributed by atoms with Gasteiger partial charge in [0.25, 0.3) is 5.91 Å². The maximum Gasteiger partial charge on any atom is 0.416 e. The first-order valence-corrected chi connectivity index (χ1v) is 10.6. The number of aromatic nitrogens is 2. The summed E-state index contributed by atoms with van der Waals surface area (Å²) >= 11 is 5.73. The molecule has 0 atom stereocenters. The van der Waals surface area contributed by atoms with Crippen LogP contribution in [0.4, 0.5) is 30.7 Å².